The van der Waals surface area contributed by atoms with Gasteiger partial charge in [-0.05, 0) is 47.1 Å². The number of benzene rings is 1. The van der Waals surface area contributed by atoms with Gasteiger partial charge in [0.1, 0.15) is 0 Å². The van der Waals surface area contributed by atoms with Gasteiger partial charge in [-0.2, -0.15) is 5.10 Å². The van der Waals surface area contributed by atoms with Gasteiger partial charge in [0.25, 0.3) is 0 Å². The van der Waals surface area contributed by atoms with Crippen molar-refractivity contribution in [1.29, 1.82) is 0 Å². The molecule has 6 heteroatoms. The number of aryl methyl sites for hydroxylation is 1. The molecule has 1 atom stereocenters. The largest absolute Gasteiger partial charge is 0.308 e. The van der Waals surface area contributed by atoms with Crippen LogP contribution in [0.25, 0.3) is 0 Å². The van der Waals surface area contributed by atoms with Gasteiger partial charge < -0.3 is 5.32 Å². The summed E-state index contributed by atoms with van der Waals surface area (Å²) in [6.45, 7) is 2.95. The highest BCUT2D eigenvalue weighted by molar-refractivity contribution is 9.10. The first-order valence-electron chi connectivity index (χ1n) is 6.41. The monoisotopic (exact) mass is 375 g/mol. The Morgan fingerprint density at radius 3 is 2.70 bits per heavy atom. The van der Waals surface area contributed by atoms with Crippen molar-refractivity contribution in [1.82, 2.24) is 15.1 Å². The van der Waals surface area contributed by atoms with E-state index in [1.807, 2.05) is 29.9 Å². The fourth-order valence-corrected chi connectivity index (χ4v) is 2.89. The van der Waals surface area contributed by atoms with Crippen LogP contribution in [0.15, 0.2) is 28.9 Å². The Morgan fingerprint density at radius 1 is 1.35 bits per heavy atom. The van der Waals surface area contributed by atoms with Crippen LogP contribution in [0.5, 0.6) is 0 Å². The minimum atomic E-state index is -0.0397. The van der Waals surface area contributed by atoms with E-state index in [1.54, 1.807) is 6.20 Å². The van der Waals surface area contributed by atoms with Crippen molar-refractivity contribution in [2.75, 3.05) is 7.05 Å². The molecule has 2 rings (SSSR count). The van der Waals surface area contributed by atoms with E-state index >= 15 is 0 Å². The van der Waals surface area contributed by atoms with Crippen LogP contribution in [-0.2, 0) is 6.54 Å². The number of hydrogen-bond acceptors (Lipinski definition) is 2. The van der Waals surface area contributed by atoms with E-state index in [0.717, 1.165) is 28.7 Å². The molecule has 1 heterocycles. The predicted octanol–water partition coefficient (Wildman–Crippen LogP) is 4.67. The van der Waals surface area contributed by atoms with E-state index in [-0.39, 0.29) is 6.04 Å². The lowest BCUT2D eigenvalue weighted by Crippen LogP contribution is -2.22. The van der Waals surface area contributed by atoms with Crippen molar-refractivity contribution < 1.29 is 0 Å². The summed E-state index contributed by atoms with van der Waals surface area (Å²) in [4.78, 5) is 0. The highest BCUT2D eigenvalue weighted by Crippen LogP contribution is 2.32. The number of hydrogen-bond donors (Lipinski definition) is 1. The van der Waals surface area contributed by atoms with E-state index in [2.05, 4.69) is 33.3 Å². The molecule has 0 spiro atoms. The van der Waals surface area contributed by atoms with Crippen LogP contribution in [0, 0.1) is 0 Å². The van der Waals surface area contributed by atoms with E-state index in [9.17, 15) is 0 Å². The maximum Gasteiger partial charge on any atom is 0.0837 e. The van der Waals surface area contributed by atoms with Gasteiger partial charge in [0, 0.05) is 11.0 Å². The van der Waals surface area contributed by atoms with Crippen LogP contribution in [0.3, 0.4) is 0 Å². The van der Waals surface area contributed by atoms with Crippen LogP contribution in [-0.4, -0.2) is 16.8 Å². The molecule has 0 fully saturated rings. The Balaban J connectivity index is 2.46. The second-order valence-electron chi connectivity index (χ2n) is 4.50. The van der Waals surface area contributed by atoms with Gasteiger partial charge in [-0.1, -0.05) is 36.2 Å². The molecule has 3 nitrogen and oxygen atoms in total. The molecule has 0 aliphatic rings. The predicted molar refractivity (Wildman–Crippen MR) is 87.6 cm³/mol. The lowest BCUT2D eigenvalue weighted by atomic mass is 10.0. The Kier molecular flexibility index (Phi) is 5.49. The first-order chi connectivity index (χ1) is 9.58. The van der Waals surface area contributed by atoms with E-state index in [4.69, 9.17) is 23.2 Å². The number of halogens is 3. The number of rotatable bonds is 5. The Labute approximate surface area is 137 Å². The lowest BCUT2D eigenvalue weighted by Gasteiger charge is -2.19. The minimum absolute atomic E-state index is 0.0397. The molecule has 1 aromatic heterocycles. The van der Waals surface area contributed by atoms with Gasteiger partial charge >= 0.3 is 0 Å². The molecule has 0 saturated heterocycles. The number of nitrogens with one attached hydrogen (secondary N) is 1. The summed E-state index contributed by atoms with van der Waals surface area (Å²) in [7, 11) is 1.90. The first-order valence-corrected chi connectivity index (χ1v) is 7.96. The highest BCUT2D eigenvalue weighted by Gasteiger charge is 2.21. The molecular weight excluding hydrogens is 361 g/mol. The maximum atomic E-state index is 6.31. The zero-order chi connectivity index (χ0) is 14.7. The van der Waals surface area contributed by atoms with Crippen molar-refractivity contribution in [3.8, 4) is 0 Å². The van der Waals surface area contributed by atoms with E-state index in [1.165, 1.54) is 0 Å². The fraction of sp³-hybridized carbons (Fsp3) is 0.357. The summed E-state index contributed by atoms with van der Waals surface area (Å²) < 4.78 is 2.82. The molecule has 0 aliphatic carbocycles. The second kappa shape index (κ2) is 6.94. The van der Waals surface area contributed by atoms with Crippen LogP contribution in [0.4, 0.5) is 0 Å². The molecule has 2 aromatic rings. The molecule has 1 N–H and O–H groups in total. The molecular formula is C14H16BrCl2N3. The highest BCUT2D eigenvalue weighted by atomic mass is 79.9. The smallest absolute Gasteiger partial charge is 0.0837 e. The molecule has 0 radical (unpaired) electrons. The van der Waals surface area contributed by atoms with Gasteiger partial charge in [-0.25, -0.2) is 0 Å². The number of nitrogens with zero attached hydrogens (tertiary/aromatic N) is 2. The molecule has 20 heavy (non-hydrogen) atoms. The van der Waals surface area contributed by atoms with Gasteiger partial charge in [0.15, 0.2) is 0 Å². The number of aromatic nitrogens is 2. The molecule has 108 valence electrons. The van der Waals surface area contributed by atoms with Gasteiger partial charge in [-0.15, -0.1) is 0 Å². The van der Waals surface area contributed by atoms with E-state index in [0.29, 0.717) is 10.0 Å². The molecule has 0 saturated carbocycles. The molecule has 1 unspecified atom stereocenters. The molecule has 0 amide bonds. The van der Waals surface area contributed by atoms with Crippen molar-refractivity contribution >= 4 is 39.1 Å². The molecule has 0 aliphatic heterocycles. The Hall–Kier alpha value is -0.550. The third kappa shape index (κ3) is 3.19. The summed E-state index contributed by atoms with van der Waals surface area (Å²) >= 11 is 15.9. The van der Waals surface area contributed by atoms with E-state index < -0.39 is 0 Å². The lowest BCUT2D eigenvalue weighted by molar-refractivity contribution is 0.535. The summed E-state index contributed by atoms with van der Waals surface area (Å²) in [5.41, 5.74) is 2.02. The minimum Gasteiger partial charge on any atom is -0.308 e. The zero-order valence-electron chi connectivity index (χ0n) is 11.3. The van der Waals surface area contributed by atoms with Crippen molar-refractivity contribution in [2.45, 2.75) is 25.9 Å². The molecule has 0 bridgehead atoms. The first kappa shape index (κ1) is 15.8. The van der Waals surface area contributed by atoms with Crippen molar-refractivity contribution in [3.63, 3.8) is 0 Å². The van der Waals surface area contributed by atoms with Crippen LogP contribution < -0.4 is 5.32 Å². The van der Waals surface area contributed by atoms with Gasteiger partial charge in [0.2, 0.25) is 0 Å². The van der Waals surface area contributed by atoms with Crippen LogP contribution in [0.2, 0.25) is 10.0 Å². The third-order valence-corrected chi connectivity index (χ3v) is 4.63. The van der Waals surface area contributed by atoms with Gasteiger partial charge in [0.05, 0.1) is 28.0 Å². The van der Waals surface area contributed by atoms with Crippen molar-refractivity contribution in [3.05, 3.63) is 50.2 Å². The zero-order valence-corrected chi connectivity index (χ0v) is 14.4. The Bertz CT molecular complexity index is 598. The average Bonchev–Trinajstić information content (AvgIpc) is 2.77. The quantitative estimate of drug-likeness (QED) is 0.821. The normalized spacial score (nSPS) is 12.7. The molecule has 1 aromatic carbocycles. The van der Waals surface area contributed by atoms with Crippen LogP contribution in [0.1, 0.15) is 30.6 Å². The van der Waals surface area contributed by atoms with Crippen LogP contribution >= 0.6 is 39.1 Å². The van der Waals surface area contributed by atoms with Crippen molar-refractivity contribution in [2.24, 2.45) is 0 Å². The summed E-state index contributed by atoms with van der Waals surface area (Å²) in [5, 5.41) is 8.97. The average molecular weight is 377 g/mol. The third-order valence-electron chi connectivity index (χ3n) is 3.11. The summed E-state index contributed by atoms with van der Waals surface area (Å²) in [6.07, 6.45) is 2.69. The SMILES string of the molecule is CCCn1ncc(Cl)c1C(NC)c1ccc(Br)c(Cl)c1. The maximum absolute atomic E-state index is 6.31. The standard InChI is InChI=1S/C14H16BrCl2N3/c1-3-6-20-14(12(17)8-19-20)13(18-2)9-4-5-10(15)11(16)7-9/h4-5,7-8,13,18H,3,6H2,1-2H3. The Morgan fingerprint density at radius 2 is 2.10 bits per heavy atom. The fourth-order valence-electron chi connectivity index (χ4n) is 2.20. The van der Waals surface area contributed by atoms with Gasteiger partial charge in [-0.3, -0.25) is 4.68 Å². The topological polar surface area (TPSA) is 29.9 Å². The summed E-state index contributed by atoms with van der Waals surface area (Å²) in [5.74, 6) is 0. The second-order valence-corrected chi connectivity index (χ2v) is 6.16. The summed E-state index contributed by atoms with van der Waals surface area (Å²) in [6, 6.07) is 5.86.